The first-order valence-electron chi connectivity index (χ1n) is 5.61. The topological polar surface area (TPSA) is 42.2 Å². The third-order valence-electron chi connectivity index (χ3n) is 3.01. The van der Waals surface area contributed by atoms with Gasteiger partial charge in [-0.05, 0) is 37.4 Å². The molecule has 1 aliphatic rings. The van der Waals surface area contributed by atoms with Crippen LogP contribution < -0.4 is 5.73 Å². The zero-order valence-corrected chi connectivity index (χ0v) is 10.3. The van der Waals surface area contributed by atoms with E-state index in [0.29, 0.717) is 4.99 Å². The molecule has 1 atom stereocenters. The lowest BCUT2D eigenvalue weighted by atomic mass is 10.2. The molecular formula is C12H17N3S. The highest BCUT2D eigenvalue weighted by Gasteiger charge is 2.26. The molecule has 86 valence electrons. The van der Waals surface area contributed by atoms with Gasteiger partial charge in [-0.2, -0.15) is 0 Å². The van der Waals surface area contributed by atoms with Gasteiger partial charge in [0.25, 0.3) is 0 Å². The Balaban J connectivity index is 2.06. The fourth-order valence-corrected chi connectivity index (χ4v) is 2.54. The maximum absolute atomic E-state index is 5.75. The van der Waals surface area contributed by atoms with Crippen LogP contribution in [0, 0.1) is 6.92 Å². The van der Waals surface area contributed by atoms with Crippen molar-refractivity contribution < 1.29 is 0 Å². The molecule has 1 saturated heterocycles. The predicted octanol–water partition coefficient (Wildman–Crippen LogP) is 1.64. The van der Waals surface area contributed by atoms with Gasteiger partial charge in [-0.3, -0.25) is 9.88 Å². The predicted molar refractivity (Wildman–Crippen MR) is 69.2 cm³/mol. The van der Waals surface area contributed by atoms with Gasteiger partial charge in [0.1, 0.15) is 0 Å². The largest absolute Gasteiger partial charge is 0.392 e. The smallest absolute Gasteiger partial charge is 0.0902 e. The average Bonchev–Trinajstić information content (AvgIpc) is 2.66. The number of aromatic nitrogens is 1. The second-order valence-electron chi connectivity index (χ2n) is 4.40. The minimum atomic E-state index is 0.274. The first-order valence-corrected chi connectivity index (χ1v) is 6.01. The lowest BCUT2D eigenvalue weighted by Crippen LogP contribution is -2.38. The summed E-state index contributed by atoms with van der Waals surface area (Å²) in [5, 5.41) is 0. The Morgan fingerprint density at radius 3 is 3.12 bits per heavy atom. The summed E-state index contributed by atoms with van der Waals surface area (Å²) >= 11 is 5.09. The third kappa shape index (κ3) is 2.57. The first-order chi connectivity index (χ1) is 7.66. The minimum Gasteiger partial charge on any atom is -0.392 e. The summed E-state index contributed by atoms with van der Waals surface area (Å²) < 4.78 is 0. The standard InChI is InChI=1S/C12H17N3S/c1-9-5-10(7-14-6-9)8-15-4-2-3-11(15)12(13)16/h5-7,11H,2-4,8H2,1H3,(H2,13,16). The van der Waals surface area contributed by atoms with Crippen molar-refractivity contribution in [1.29, 1.82) is 0 Å². The molecule has 1 aromatic heterocycles. The maximum Gasteiger partial charge on any atom is 0.0902 e. The van der Waals surface area contributed by atoms with E-state index >= 15 is 0 Å². The van der Waals surface area contributed by atoms with E-state index in [9.17, 15) is 0 Å². The summed E-state index contributed by atoms with van der Waals surface area (Å²) in [6.07, 6.45) is 6.07. The number of aryl methyl sites for hydroxylation is 1. The average molecular weight is 235 g/mol. The molecule has 0 aliphatic carbocycles. The van der Waals surface area contributed by atoms with E-state index in [-0.39, 0.29) is 6.04 Å². The van der Waals surface area contributed by atoms with Gasteiger partial charge in [0.05, 0.1) is 11.0 Å². The van der Waals surface area contributed by atoms with Crippen LogP contribution in [0.2, 0.25) is 0 Å². The highest BCUT2D eigenvalue weighted by Crippen LogP contribution is 2.20. The van der Waals surface area contributed by atoms with Gasteiger partial charge < -0.3 is 5.73 Å². The van der Waals surface area contributed by atoms with Crippen molar-refractivity contribution >= 4 is 17.2 Å². The van der Waals surface area contributed by atoms with E-state index in [1.54, 1.807) is 0 Å². The fraction of sp³-hybridized carbons (Fsp3) is 0.500. The monoisotopic (exact) mass is 235 g/mol. The summed E-state index contributed by atoms with van der Waals surface area (Å²) in [6, 6.07) is 2.44. The number of nitrogens with two attached hydrogens (primary N) is 1. The number of nitrogens with zero attached hydrogens (tertiary/aromatic N) is 2. The zero-order chi connectivity index (χ0) is 11.5. The number of pyridine rings is 1. The van der Waals surface area contributed by atoms with E-state index in [4.69, 9.17) is 18.0 Å². The third-order valence-corrected chi connectivity index (χ3v) is 3.28. The second kappa shape index (κ2) is 4.89. The van der Waals surface area contributed by atoms with Gasteiger partial charge >= 0.3 is 0 Å². The fourth-order valence-electron chi connectivity index (χ4n) is 2.28. The normalized spacial score (nSPS) is 21.2. The summed E-state index contributed by atoms with van der Waals surface area (Å²) in [5.41, 5.74) is 8.18. The van der Waals surface area contributed by atoms with Crippen LogP contribution in [0.4, 0.5) is 0 Å². The highest BCUT2D eigenvalue weighted by atomic mass is 32.1. The van der Waals surface area contributed by atoms with Crippen molar-refractivity contribution in [2.24, 2.45) is 5.73 Å². The van der Waals surface area contributed by atoms with Crippen LogP contribution in [0.1, 0.15) is 24.0 Å². The molecule has 0 aromatic carbocycles. The Bertz CT molecular complexity index is 392. The molecule has 1 aliphatic heterocycles. The van der Waals surface area contributed by atoms with Gasteiger partial charge in [0.15, 0.2) is 0 Å². The Hall–Kier alpha value is -1.00. The Morgan fingerprint density at radius 1 is 1.62 bits per heavy atom. The van der Waals surface area contributed by atoms with Gasteiger partial charge in [-0.15, -0.1) is 0 Å². The highest BCUT2D eigenvalue weighted by molar-refractivity contribution is 7.80. The number of likely N-dealkylation sites (tertiary alicyclic amines) is 1. The molecule has 1 fully saturated rings. The van der Waals surface area contributed by atoms with Crippen LogP contribution in [0.5, 0.6) is 0 Å². The molecule has 0 spiro atoms. The van der Waals surface area contributed by atoms with Gasteiger partial charge in [0, 0.05) is 18.9 Å². The molecule has 0 radical (unpaired) electrons. The molecule has 2 heterocycles. The molecule has 4 heteroatoms. The summed E-state index contributed by atoms with van der Waals surface area (Å²) in [5.74, 6) is 0. The summed E-state index contributed by atoms with van der Waals surface area (Å²) in [4.78, 5) is 7.17. The Morgan fingerprint density at radius 2 is 2.44 bits per heavy atom. The molecule has 3 nitrogen and oxygen atoms in total. The van der Waals surface area contributed by atoms with E-state index < -0.39 is 0 Å². The zero-order valence-electron chi connectivity index (χ0n) is 9.52. The Kier molecular flexibility index (Phi) is 3.51. The number of hydrogen-bond acceptors (Lipinski definition) is 3. The maximum atomic E-state index is 5.75. The van der Waals surface area contributed by atoms with Crippen LogP contribution in [-0.4, -0.2) is 27.5 Å². The molecule has 2 N–H and O–H groups in total. The van der Waals surface area contributed by atoms with Crippen molar-refractivity contribution in [2.45, 2.75) is 32.4 Å². The van der Waals surface area contributed by atoms with E-state index in [1.807, 2.05) is 12.4 Å². The van der Waals surface area contributed by atoms with Gasteiger partial charge in [0.2, 0.25) is 0 Å². The lowest BCUT2D eigenvalue weighted by Gasteiger charge is -2.23. The number of rotatable bonds is 3. The lowest BCUT2D eigenvalue weighted by molar-refractivity contribution is 0.295. The first kappa shape index (κ1) is 11.5. The molecule has 1 unspecified atom stereocenters. The van der Waals surface area contributed by atoms with Crippen molar-refractivity contribution in [3.05, 3.63) is 29.6 Å². The minimum absolute atomic E-state index is 0.274. The van der Waals surface area contributed by atoms with Crippen LogP contribution in [0.3, 0.4) is 0 Å². The van der Waals surface area contributed by atoms with Crippen LogP contribution in [0.25, 0.3) is 0 Å². The quantitative estimate of drug-likeness (QED) is 0.809. The molecular weight excluding hydrogens is 218 g/mol. The van der Waals surface area contributed by atoms with Crippen LogP contribution in [0.15, 0.2) is 18.5 Å². The van der Waals surface area contributed by atoms with Crippen molar-refractivity contribution in [1.82, 2.24) is 9.88 Å². The van der Waals surface area contributed by atoms with Crippen molar-refractivity contribution in [2.75, 3.05) is 6.54 Å². The Labute approximate surface area is 102 Å². The summed E-state index contributed by atoms with van der Waals surface area (Å²) in [7, 11) is 0. The van der Waals surface area contributed by atoms with E-state index in [0.717, 1.165) is 19.5 Å². The molecule has 16 heavy (non-hydrogen) atoms. The van der Waals surface area contributed by atoms with Gasteiger partial charge in [-0.1, -0.05) is 18.3 Å². The molecule has 1 aromatic rings. The SMILES string of the molecule is Cc1cncc(CN2CCCC2C(N)=S)c1. The molecule has 0 saturated carbocycles. The molecule has 0 amide bonds. The molecule has 0 bridgehead atoms. The van der Waals surface area contributed by atoms with E-state index in [2.05, 4.69) is 22.9 Å². The van der Waals surface area contributed by atoms with Crippen molar-refractivity contribution in [3.8, 4) is 0 Å². The van der Waals surface area contributed by atoms with Crippen LogP contribution in [-0.2, 0) is 6.54 Å². The second-order valence-corrected chi connectivity index (χ2v) is 4.87. The van der Waals surface area contributed by atoms with E-state index in [1.165, 1.54) is 17.5 Å². The van der Waals surface area contributed by atoms with Crippen LogP contribution >= 0.6 is 12.2 Å². The molecule has 2 rings (SSSR count). The number of thiocarbonyl (C=S) groups is 1. The number of hydrogen-bond donors (Lipinski definition) is 1. The van der Waals surface area contributed by atoms with Gasteiger partial charge in [-0.25, -0.2) is 0 Å². The van der Waals surface area contributed by atoms with Crippen molar-refractivity contribution in [3.63, 3.8) is 0 Å². The summed E-state index contributed by atoms with van der Waals surface area (Å²) in [6.45, 7) is 4.04.